The number of carbonyl (C=O) groups excluding carboxylic acids is 1. The number of rotatable bonds is 48. The molecule has 0 aromatic carbocycles. The molecule has 5 N–H and O–H groups in total. The van der Waals surface area contributed by atoms with Gasteiger partial charge in [-0.2, -0.15) is 0 Å². The van der Waals surface area contributed by atoms with E-state index >= 15 is 0 Å². The maximum Gasteiger partial charge on any atom is 0.249 e. The van der Waals surface area contributed by atoms with Crippen molar-refractivity contribution in [3.63, 3.8) is 0 Å². The molecule has 0 saturated heterocycles. The van der Waals surface area contributed by atoms with Gasteiger partial charge in [-0.1, -0.05) is 264 Å². The molecule has 0 bridgehead atoms. The molecule has 4 atom stereocenters. The second-order valence-electron chi connectivity index (χ2n) is 18.2. The minimum Gasteiger partial charge on any atom is -0.394 e. The third-order valence-corrected chi connectivity index (χ3v) is 12.5. The van der Waals surface area contributed by atoms with Gasteiger partial charge in [-0.3, -0.25) is 4.79 Å². The van der Waals surface area contributed by atoms with Gasteiger partial charge in [-0.05, 0) is 32.1 Å². The first-order valence-electron chi connectivity index (χ1n) is 26.1. The molecule has 0 fully saturated rings. The number of nitrogens with one attached hydrogen (secondary N) is 1. The molecule has 0 aliphatic rings. The van der Waals surface area contributed by atoms with Gasteiger partial charge in [0.1, 0.15) is 12.2 Å². The van der Waals surface area contributed by atoms with Gasteiger partial charge in [0.15, 0.2) is 0 Å². The standard InChI is InChI=1S/C52H103NO5/c1-3-5-7-9-11-12-13-14-15-16-17-18-19-20-21-22-23-24-25-26-27-28-29-30-31-32-33-34-35-36-37-38-39-40-42-44-46-50(56)52(58)53-48(47-54)51(57)49(55)45-43-41-10-8-6-4-2/h8,10,48-51,54-57H,3-7,9,11-47H2,1-2H3,(H,53,58)/b10-8+. The van der Waals surface area contributed by atoms with E-state index in [2.05, 4.69) is 31.3 Å². The van der Waals surface area contributed by atoms with Gasteiger partial charge in [0.2, 0.25) is 5.91 Å². The second kappa shape index (κ2) is 47.1. The topological polar surface area (TPSA) is 110 Å². The fourth-order valence-electron chi connectivity index (χ4n) is 8.36. The number of aliphatic hydroxyl groups excluding tert-OH is 4. The summed E-state index contributed by atoms with van der Waals surface area (Å²) in [4.78, 5) is 12.4. The van der Waals surface area contributed by atoms with E-state index in [0.29, 0.717) is 19.3 Å². The highest BCUT2D eigenvalue weighted by Gasteiger charge is 2.28. The molecule has 1 amide bonds. The normalized spacial score (nSPS) is 14.0. The lowest BCUT2D eigenvalue weighted by Gasteiger charge is -2.27. The zero-order valence-corrected chi connectivity index (χ0v) is 39.1. The molecule has 0 aliphatic heterocycles. The minimum atomic E-state index is -1.27. The largest absolute Gasteiger partial charge is 0.394 e. The Morgan fingerprint density at radius 1 is 0.414 bits per heavy atom. The molecule has 0 rings (SSSR count). The van der Waals surface area contributed by atoms with Gasteiger partial charge >= 0.3 is 0 Å². The average molecular weight is 822 g/mol. The van der Waals surface area contributed by atoms with E-state index in [1.807, 2.05) is 0 Å². The van der Waals surface area contributed by atoms with Crippen molar-refractivity contribution in [1.82, 2.24) is 5.32 Å². The van der Waals surface area contributed by atoms with Gasteiger partial charge in [-0.15, -0.1) is 0 Å². The Labute approximate surface area is 362 Å². The van der Waals surface area contributed by atoms with Crippen molar-refractivity contribution in [3.05, 3.63) is 12.2 Å². The van der Waals surface area contributed by atoms with E-state index in [1.54, 1.807) is 0 Å². The highest BCUT2D eigenvalue weighted by Crippen LogP contribution is 2.18. The van der Waals surface area contributed by atoms with Crippen molar-refractivity contribution in [2.75, 3.05) is 6.61 Å². The fourth-order valence-corrected chi connectivity index (χ4v) is 8.36. The van der Waals surface area contributed by atoms with Crippen molar-refractivity contribution >= 4 is 5.91 Å². The summed E-state index contributed by atoms with van der Waals surface area (Å²) in [6.07, 6.45) is 55.0. The lowest BCUT2D eigenvalue weighted by molar-refractivity contribution is -0.132. The average Bonchev–Trinajstić information content (AvgIpc) is 3.23. The lowest BCUT2D eigenvalue weighted by atomic mass is 10.00. The molecule has 4 unspecified atom stereocenters. The van der Waals surface area contributed by atoms with Crippen LogP contribution < -0.4 is 5.32 Å². The highest BCUT2D eigenvalue weighted by molar-refractivity contribution is 5.80. The first-order valence-corrected chi connectivity index (χ1v) is 26.1. The Bertz CT molecular complexity index is 837. The Morgan fingerprint density at radius 3 is 1.03 bits per heavy atom. The van der Waals surface area contributed by atoms with Crippen molar-refractivity contribution < 1.29 is 25.2 Å². The summed E-state index contributed by atoms with van der Waals surface area (Å²) < 4.78 is 0. The van der Waals surface area contributed by atoms with Crippen LogP contribution in [0.25, 0.3) is 0 Å². The lowest BCUT2D eigenvalue weighted by Crippen LogP contribution is -2.53. The SMILES string of the molecule is CCC/C=C/CCCC(O)C(O)C(CO)NC(=O)C(O)CCCCCCCCCCCCCCCCCCCCCCCCCCCCCCCCCCCCCC. The van der Waals surface area contributed by atoms with Crippen LogP contribution in [0.4, 0.5) is 0 Å². The van der Waals surface area contributed by atoms with Crippen molar-refractivity contribution in [1.29, 1.82) is 0 Å². The van der Waals surface area contributed by atoms with Crippen LogP contribution in [0.3, 0.4) is 0 Å². The van der Waals surface area contributed by atoms with Gasteiger partial charge in [-0.25, -0.2) is 0 Å². The summed E-state index contributed by atoms with van der Waals surface area (Å²) in [5.74, 6) is -0.593. The van der Waals surface area contributed by atoms with Gasteiger partial charge in [0.25, 0.3) is 0 Å². The van der Waals surface area contributed by atoms with E-state index in [0.717, 1.165) is 38.5 Å². The number of amides is 1. The molecular formula is C52H103NO5. The van der Waals surface area contributed by atoms with E-state index in [4.69, 9.17) is 0 Å². The van der Waals surface area contributed by atoms with E-state index in [9.17, 15) is 25.2 Å². The molecule has 0 saturated carbocycles. The first-order chi connectivity index (χ1) is 28.5. The van der Waals surface area contributed by atoms with Crippen molar-refractivity contribution in [3.8, 4) is 0 Å². The van der Waals surface area contributed by atoms with E-state index in [1.165, 1.54) is 212 Å². The molecule has 0 aromatic heterocycles. The maximum atomic E-state index is 12.4. The first kappa shape index (κ1) is 57.1. The summed E-state index contributed by atoms with van der Waals surface area (Å²) in [6, 6.07) is -0.995. The number of unbranched alkanes of at least 4 members (excludes halogenated alkanes) is 37. The fraction of sp³-hybridized carbons (Fsp3) is 0.942. The molecule has 0 aromatic rings. The Balaban J connectivity index is 3.40. The molecule has 0 spiro atoms. The van der Waals surface area contributed by atoms with E-state index in [-0.39, 0.29) is 0 Å². The molecular weight excluding hydrogens is 719 g/mol. The Hall–Kier alpha value is -0.950. The molecule has 58 heavy (non-hydrogen) atoms. The zero-order chi connectivity index (χ0) is 42.4. The molecule has 0 radical (unpaired) electrons. The summed E-state index contributed by atoms with van der Waals surface area (Å²) in [5, 5.41) is 43.3. The molecule has 6 nitrogen and oxygen atoms in total. The van der Waals surface area contributed by atoms with Crippen molar-refractivity contribution in [2.24, 2.45) is 0 Å². The maximum absolute atomic E-state index is 12.4. The Kier molecular flexibility index (Phi) is 46.3. The molecule has 0 aliphatic carbocycles. The number of allylic oxidation sites excluding steroid dienone is 2. The zero-order valence-electron chi connectivity index (χ0n) is 39.1. The van der Waals surface area contributed by atoms with Gasteiger partial charge in [0.05, 0.1) is 18.8 Å². The number of hydrogen-bond acceptors (Lipinski definition) is 5. The smallest absolute Gasteiger partial charge is 0.249 e. The second-order valence-corrected chi connectivity index (χ2v) is 18.2. The monoisotopic (exact) mass is 822 g/mol. The summed E-state index contributed by atoms with van der Waals surface area (Å²) in [6.45, 7) is 3.93. The number of carbonyl (C=O) groups is 1. The van der Waals surface area contributed by atoms with E-state index < -0.39 is 36.9 Å². The van der Waals surface area contributed by atoms with Crippen LogP contribution in [0.2, 0.25) is 0 Å². The summed E-state index contributed by atoms with van der Waals surface area (Å²) >= 11 is 0. The summed E-state index contributed by atoms with van der Waals surface area (Å²) in [7, 11) is 0. The highest BCUT2D eigenvalue weighted by atomic mass is 16.3. The van der Waals surface area contributed by atoms with Crippen LogP contribution in [0.15, 0.2) is 12.2 Å². The minimum absolute atomic E-state index is 0.367. The van der Waals surface area contributed by atoms with Gasteiger partial charge < -0.3 is 25.7 Å². The third-order valence-electron chi connectivity index (χ3n) is 12.5. The summed E-state index contributed by atoms with van der Waals surface area (Å²) in [5.41, 5.74) is 0. The van der Waals surface area contributed by atoms with Crippen molar-refractivity contribution in [2.45, 2.75) is 308 Å². The van der Waals surface area contributed by atoms with Crippen LogP contribution in [-0.4, -0.2) is 57.3 Å². The Morgan fingerprint density at radius 2 is 0.724 bits per heavy atom. The van der Waals surface area contributed by atoms with Crippen LogP contribution in [0, 0.1) is 0 Å². The van der Waals surface area contributed by atoms with Crippen LogP contribution in [-0.2, 0) is 4.79 Å². The number of aliphatic hydroxyl groups is 4. The van der Waals surface area contributed by atoms with Crippen LogP contribution in [0.5, 0.6) is 0 Å². The van der Waals surface area contributed by atoms with Gasteiger partial charge in [0, 0.05) is 0 Å². The molecule has 6 heteroatoms. The predicted octanol–water partition coefficient (Wildman–Crippen LogP) is 14.5. The molecule has 0 heterocycles. The number of hydrogen-bond donors (Lipinski definition) is 5. The quantitative estimate of drug-likeness (QED) is 0.0310. The predicted molar refractivity (Wildman–Crippen MR) is 251 cm³/mol. The third kappa shape index (κ3) is 40.5. The van der Waals surface area contributed by atoms with Crippen LogP contribution in [0.1, 0.15) is 284 Å². The molecule has 346 valence electrons. The van der Waals surface area contributed by atoms with Crippen LogP contribution >= 0.6 is 0 Å².